The molecule has 8 aromatic carbocycles. The molecule has 3 heteroatoms. The first kappa shape index (κ1) is 27.5. The molecule has 0 N–H and O–H groups in total. The molecule has 3 nitrogen and oxygen atoms in total. The topological polar surface area (TPSA) is 29.5 Å². The third-order valence-electron chi connectivity index (χ3n) is 9.65. The predicted molar refractivity (Wildman–Crippen MR) is 204 cm³/mol. The van der Waals surface area contributed by atoms with E-state index < -0.39 is 0 Å². The fourth-order valence-electron chi connectivity index (χ4n) is 7.41. The minimum Gasteiger partial charge on any atom is -0.456 e. The molecule has 0 saturated heterocycles. The summed E-state index contributed by atoms with van der Waals surface area (Å²) in [6.07, 6.45) is 0. The van der Waals surface area contributed by atoms with Crippen LogP contribution in [0.2, 0.25) is 0 Å². The van der Waals surface area contributed by atoms with Crippen LogP contribution in [0.25, 0.3) is 76.9 Å². The van der Waals surface area contributed by atoms with Gasteiger partial charge in [0, 0.05) is 44.2 Å². The molecule has 10 rings (SSSR count). The molecule has 2 heterocycles. The summed E-state index contributed by atoms with van der Waals surface area (Å²) in [5.41, 5.74) is 11.2. The highest BCUT2D eigenvalue weighted by atomic mass is 16.3. The largest absolute Gasteiger partial charge is 0.456 e. The molecule has 0 fully saturated rings. The second-order valence-electron chi connectivity index (χ2n) is 12.5. The van der Waals surface area contributed by atoms with Crippen LogP contribution in [0.5, 0.6) is 0 Å². The third-order valence-corrected chi connectivity index (χ3v) is 9.65. The standard InChI is InChI=1S/C46H29NO2/c1-3-13-34(14-4-1)47(35-15-5-2-6-16-35)36-23-21-31(22-24-36)37-25-26-39-45-42(28-27-41-44(45)38-17-9-10-18-40(38)48-41)49-46(39)43(37)33-20-19-30-11-7-8-12-32(30)29-33/h1-29H. The van der Waals surface area contributed by atoms with Gasteiger partial charge in [-0.25, -0.2) is 0 Å². The van der Waals surface area contributed by atoms with E-state index in [9.17, 15) is 0 Å². The van der Waals surface area contributed by atoms with Crippen molar-refractivity contribution in [2.24, 2.45) is 0 Å². The lowest BCUT2D eigenvalue weighted by atomic mass is 9.91. The zero-order chi connectivity index (χ0) is 32.3. The first-order valence-corrected chi connectivity index (χ1v) is 16.6. The van der Waals surface area contributed by atoms with Crippen molar-refractivity contribution in [3.63, 3.8) is 0 Å². The van der Waals surface area contributed by atoms with Crippen LogP contribution in [0.4, 0.5) is 17.1 Å². The van der Waals surface area contributed by atoms with Gasteiger partial charge < -0.3 is 13.7 Å². The van der Waals surface area contributed by atoms with E-state index in [1.54, 1.807) is 0 Å². The molecule has 0 aliphatic rings. The highest BCUT2D eigenvalue weighted by Gasteiger charge is 2.22. The van der Waals surface area contributed by atoms with Gasteiger partial charge in [-0.15, -0.1) is 0 Å². The van der Waals surface area contributed by atoms with Crippen molar-refractivity contribution in [1.29, 1.82) is 0 Å². The van der Waals surface area contributed by atoms with Crippen LogP contribution in [-0.4, -0.2) is 0 Å². The Labute approximate surface area is 282 Å². The van der Waals surface area contributed by atoms with E-state index in [1.165, 1.54) is 10.8 Å². The molecule has 0 aliphatic carbocycles. The van der Waals surface area contributed by atoms with Gasteiger partial charge >= 0.3 is 0 Å². The van der Waals surface area contributed by atoms with Gasteiger partial charge in [-0.3, -0.25) is 0 Å². The second-order valence-corrected chi connectivity index (χ2v) is 12.5. The van der Waals surface area contributed by atoms with Crippen molar-refractivity contribution in [3.8, 4) is 22.3 Å². The van der Waals surface area contributed by atoms with Crippen molar-refractivity contribution in [3.05, 3.63) is 176 Å². The van der Waals surface area contributed by atoms with Crippen molar-refractivity contribution in [1.82, 2.24) is 0 Å². The number of anilines is 3. The second kappa shape index (κ2) is 11.0. The summed E-state index contributed by atoms with van der Waals surface area (Å²) < 4.78 is 13.2. The van der Waals surface area contributed by atoms with E-state index >= 15 is 0 Å². The molecule has 0 spiro atoms. The summed E-state index contributed by atoms with van der Waals surface area (Å²) in [6, 6.07) is 61.9. The molecule has 10 aromatic rings. The van der Waals surface area contributed by atoms with Gasteiger partial charge in [0.15, 0.2) is 0 Å². The Balaban J connectivity index is 1.21. The van der Waals surface area contributed by atoms with Gasteiger partial charge in [-0.1, -0.05) is 109 Å². The highest BCUT2D eigenvalue weighted by molar-refractivity contribution is 6.27. The van der Waals surface area contributed by atoms with Crippen LogP contribution in [0.3, 0.4) is 0 Å². The fourth-order valence-corrected chi connectivity index (χ4v) is 7.41. The fraction of sp³-hybridized carbons (Fsp3) is 0. The summed E-state index contributed by atoms with van der Waals surface area (Å²) in [4.78, 5) is 2.29. The number of benzene rings is 8. The van der Waals surface area contributed by atoms with Crippen molar-refractivity contribution in [2.75, 3.05) is 4.90 Å². The Morgan fingerprint density at radius 2 is 0.959 bits per heavy atom. The van der Waals surface area contributed by atoms with E-state index in [-0.39, 0.29) is 0 Å². The average molecular weight is 628 g/mol. The molecule has 0 radical (unpaired) electrons. The minimum absolute atomic E-state index is 0.852. The summed E-state index contributed by atoms with van der Waals surface area (Å²) in [7, 11) is 0. The van der Waals surface area contributed by atoms with Gasteiger partial charge in [0.1, 0.15) is 22.3 Å². The van der Waals surface area contributed by atoms with Crippen LogP contribution in [0.15, 0.2) is 185 Å². The van der Waals surface area contributed by atoms with Crippen LogP contribution in [-0.2, 0) is 0 Å². The first-order valence-electron chi connectivity index (χ1n) is 16.6. The Hall–Kier alpha value is -6.58. The number of hydrogen-bond acceptors (Lipinski definition) is 3. The normalized spacial score (nSPS) is 11.7. The van der Waals surface area contributed by atoms with Crippen LogP contribution in [0.1, 0.15) is 0 Å². The van der Waals surface area contributed by atoms with Gasteiger partial charge in [-0.05, 0) is 94.2 Å². The molecule has 230 valence electrons. The molecule has 0 amide bonds. The summed E-state index contributed by atoms with van der Waals surface area (Å²) >= 11 is 0. The van der Waals surface area contributed by atoms with Crippen molar-refractivity contribution >= 4 is 71.7 Å². The molecular formula is C46H29NO2. The predicted octanol–water partition coefficient (Wildman–Crippen LogP) is 13.4. The number of hydrogen-bond donors (Lipinski definition) is 0. The molecular weight excluding hydrogens is 599 g/mol. The highest BCUT2D eigenvalue weighted by Crippen LogP contribution is 2.46. The van der Waals surface area contributed by atoms with E-state index in [0.29, 0.717) is 0 Å². The summed E-state index contributed by atoms with van der Waals surface area (Å²) in [5.74, 6) is 0. The monoisotopic (exact) mass is 627 g/mol. The van der Waals surface area contributed by atoms with Crippen molar-refractivity contribution < 1.29 is 8.83 Å². The minimum atomic E-state index is 0.852. The molecule has 0 unspecified atom stereocenters. The zero-order valence-corrected chi connectivity index (χ0v) is 26.5. The van der Waals surface area contributed by atoms with E-state index in [0.717, 1.165) is 83.2 Å². The lowest BCUT2D eigenvalue weighted by molar-refractivity contribution is 0.663. The van der Waals surface area contributed by atoms with Gasteiger partial charge in [-0.2, -0.15) is 0 Å². The lowest BCUT2D eigenvalue weighted by Gasteiger charge is -2.25. The summed E-state index contributed by atoms with van der Waals surface area (Å²) in [5, 5.41) is 6.76. The Kier molecular flexibility index (Phi) is 6.18. The Morgan fingerprint density at radius 1 is 0.367 bits per heavy atom. The number of furan rings is 2. The lowest BCUT2D eigenvalue weighted by Crippen LogP contribution is -2.09. The molecule has 0 saturated carbocycles. The Morgan fingerprint density at radius 3 is 1.71 bits per heavy atom. The van der Waals surface area contributed by atoms with Gasteiger partial charge in [0.05, 0.1) is 0 Å². The average Bonchev–Trinajstić information content (AvgIpc) is 3.74. The van der Waals surface area contributed by atoms with Crippen molar-refractivity contribution in [2.45, 2.75) is 0 Å². The maximum absolute atomic E-state index is 6.87. The maximum atomic E-state index is 6.87. The van der Waals surface area contributed by atoms with Crippen LogP contribution >= 0.6 is 0 Å². The van der Waals surface area contributed by atoms with E-state index in [2.05, 4.69) is 157 Å². The SMILES string of the molecule is c1ccc(N(c2ccccc2)c2ccc(-c3ccc4c(oc5ccc6oc7ccccc7c6c54)c3-c3ccc4ccccc4c3)cc2)cc1. The number of rotatable bonds is 5. The quantitative estimate of drug-likeness (QED) is 0.190. The molecule has 49 heavy (non-hydrogen) atoms. The maximum Gasteiger partial charge on any atom is 0.143 e. The zero-order valence-electron chi connectivity index (χ0n) is 26.5. The van der Waals surface area contributed by atoms with E-state index in [1.807, 2.05) is 24.3 Å². The number of nitrogens with zero attached hydrogens (tertiary/aromatic N) is 1. The molecule has 0 aliphatic heterocycles. The molecule has 0 bridgehead atoms. The Bertz CT molecular complexity index is 2770. The number of fused-ring (bicyclic) bond motifs is 8. The van der Waals surface area contributed by atoms with Gasteiger partial charge in [0.2, 0.25) is 0 Å². The molecule has 2 aromatic heterocycles. The van der Waals surface area contributed by atoms with E-state index in [4.69, 9.17) is 8.83 Å². The van der Waals surface area contributed by atoms with Crippen LogP contribution < -0.4 is 4.90 Å². The summed E-state index contributed by atoms with van der Waals surface area (Å²) in [6.45, 7) is 0. The smallest absolute Gasteiger partial charge is 0.143 e. The molecule has 0 atom stereocenters. The number of para-hydroxylation sites is 3. The first-order chi connectivity index (χ1) is 24.3. The van der Waals surface area contributed by atoms with Gasteiger partial charge in [0.25, 0.3) is 0 Å². The van der Waals surface area contributed by atoms with Crippen LogP contribution in [0, 0.1) is 0 Å². The third kappa shape index (κ3) is 4.44.